The van der Waals surface area contributed by atoms with E-state index in [1.165, 1.54) is 22.7 Å². The zero-order chi connectivity index (χ0) is 23.5. The molecule has 166 valence electrons. The predicted octanol–water partition coefficient (Wildman–Crippen LogP) is 4.89. The van der Waals surface area contributed by atoms with E-state index in [0.717, 1.165) is 31.7 Å². The fourth-order valence-corrected chi connectivity index (χ4v) is 6.00. The van der Waals surface area contributed by atoms with Crippen LogP contribution in [0.3, 0.4) is 0 Å². The molecule has 4 aromatic rings. The van der Waals surface area contributed by atoms with Gasteiger partial charge in [0.2, 0.25) is 17.1 Å². The molecular weight excluding hydrogens is 462 g/mol. The third-order valence-electron chi connectivity index (χ3n) is 5.36. The van der Waals surface area contributed by atoms with Crippen molar-refractivity contribution in [3.8, 4) is 0 Å². The highest BCUT2D eigenvalue weighted by atomic mass is 32.2. The zero-order valence-corrected chi connectivity index (χ0v) is 19.6. The number of allylic oxidation sites excluding steroid dienone is 4. The van der Waals surface area contributed by atoms with E-state index in [2.05, 4.69) is 41.0 Å². The van der Waals surface area contributed by atoms with E-state index in [0.29, 0.717) is 9.75 Å². The minimum atomic E-state index is -0.733. The molecule has 2 N–H and O–H groups in total. The van der Waals surface area contributed by atoms with Crippen molar-refractivity contribution < 1.29 is 10.2 Å². The summed E-state index contributed by atoms with van der Waals surface area (Å²) in [4.78, 5) is 12.7. The minimum Gasteiger partial charge on any atom is -0.481 e. The van der Waals surface area contributed by atoms with Gasteiger partial charge in [-0.05, 0) is 29.5 Å². The molecule has 0 fully saturated rings. The van der Waals surface area contributed by atoms with Crippen LogP contribution in [0.15, 0.2) is 114 Å². The minimum absolute atomic E-state index is 0.00998. The van der Waals surface area contributed by atoms with Gasteiger partial charge in [0.15, 0.2) is 0 Å². The Hall–Kier alpha value is -4.00. The van der Waals surface area contributed by atoms with Gasteiger partial charge in [0.1, 0.15) is 0 Å². The maximum Gasteiger partial charge on any atom is 0.281 e. The molecule has 1 aliphatic rings. The largest absolute Gasteiger partial charge is 0.481 e. The summed E-state index contributed by atoms with van der Waals surface area (Å²) in [6.07, 6.45) is 8.23. The van der Waals surface area contributed by atoms with Crippen molar-refractivity contribution in [2.24, 2.45) is 0 Å². The van der Waals surface area contributed by atoms with Crippen LogP contribution in [0.25, 0.3) is 11.5 Å². The van der Waals surface area contributed by atoms with Gasteiger partial charge in [-0.25, -0.2) is 0 Å². The zero-order valence-electron chi connectivity index (χ0n) is 18.0. The molecule has 0 saturated heterocycles. The Bertz CT molecular complexity index is 1640. The third kappa shape index (κ3) is 4.41. The Balaban J connectivity index is 1.63. The average Bonchev–Trinajstić information content (AvgIpc) is 3.27. The number of benzene rings is 3. The molecule has 0 aliphatic heterocycles. The second kappa shape index (κ2) is 9.47. The highest BCUT2D eigenvalue weighted by Gasteiger charge is 2.18. The Labute approximate surface area is 203 Å². The van der Waals surface area contributed by atoms with Gasteiger partial charge in [-0.1, -0.05) is 59.9 Å². The number of aliphatic hydroxyl groups is 2. The van der Waals surface area contributed by atoms with Crippen molar-refractivity contribution in [2.45, 2.75) is 0 Å². The van der Waals surface area contributed by atoms with Crippen molar-refractivity contribution in [3.63, 3.8) is 0 Å². The van der Waals surface area contributed by atoms with Gasteiger partial charge in [0.05, 0.1) is 13.6 Å². The van der Waals surface area contributed by atoms with Gasteiger partial charge >= 0.3 is 0 Å². The molecule has 0 saturated carbocycles. The number of hydrogen-bond acceptors (Lipinski definition) is 5. The Kier molecular flexibility index (Phi) is 6.08. The van der Waals surface area contributed by atoms with Crippen LogP contribution >= 0.6 is 22.7 Å². The SMILES string of the molecule is O=c1sc(=C2C=CC(=[N+](c3ccccc3)c3ccccc3)C=C2)sc1=c1ccc(=C(O)O)cc1. The van der Waals surface area contributed by atoms with E-state index < -0.39 is 5.95 Å². The molecule has 34 heavy (non-hydrogen) atoms. The molecule has 4 nitrogen and oxygen atoms in total. The smallest absolute Gasteiger partial charge is 0.281 e. The van der Waals surface area contributed by atoms with Gasteiger partial charge < -0.3 is 10.2 Å². The number of rotatable bonds is 2. The second-order valence-electron chi connectivity index (χ2n) is 7.56. The molecule has 0 amide bonds. The van der Waals surface area contributed by atoms with Crippen LogP contribution in [0.4, 0.5) is 11.4 Å². The highest BCUT2D eigenvalue weighted by Crippen LogP contribution is 2.22. The van der Waals surface area contributed by atoms with Crippen LogP contribution in [0, 0.1) is 9.75 Å². The highest BCUT2D eigenvalue weighted by molar-refractivity contribution is 7.25. The van der Waals surface area contributed by atoms with Crippen molar-refractivity contribution in [2.75, 3.05) is 0 Å². The first-order valence-corrected chi connectivity index (χ1v) is 12.2. The number of aliphatic hydroxyl groups excluding tert-OH is 1. The van der Waals surface area contributed by atoms with Gasteiger partial charge in [-0.3, -0.25) is 4.79 Å². The Morgan fingerprint density at radius 1 is 0.676 bits per heavy atom. The van der Waals surface area contributed by atoms with E-state index >= 15 is 0 Å². The molecule has 1 heterocycles. The van der Waals surface area contributed by atoms with Crippen LogP contribution in [-0.4, -0.2) is 15.9 Å². The first-order valence-electron chi connectivity index (χ1n) is 10.6. The lowest BCUT2D eigenvalue weighted by atomic mass is 10.1. The van der Waals surface area contributed by atoms with E-state index in [9.17, 15) is 15.0 Å². The molecule has 0 radical (unpaired) electrons. The normalized spacial score (nSPS) is 12.7. The van der Waals surface area contributed by atoms with Crippen molar-refractivity contribution in [1.29, 1.82) is 0 Å². The molecule has 3 aromatic carbocycles. The average molecular weight is 483 g/mol. The van der Waals surface area contributed by atoms with Crippen LogP contribution in [-0.2, 0) is 0 Å². The van der Waals surface area contributed by atoms with E-state index in [1.807, 2.05) is 48.6 Å². The summed E-state index contributed by atoms with van der Waals surface area (Å²) in [5.41, 5.74) is 4.15. The molecule has 0 bridgehead atoms. The monoisotopic (exact) mass is 482 g/mol. The molecule has 5 rings (SSSR count). The van der Waals surface area contributed by atoms with Gasteiger partial charge in [-0.2, -0.15) is 4.58 Å². The lowest BCUT2D eigenvalue weighted by Gasteiger charge is -2.07. The number of hydrogen-bond donors (Lipinski definition) is 2. The van der Waals surface area contributed by atoms with Crippen molar-refractivity contribution in [3.05, 3.63) is 138 Å². The summed E-state index contributed by atoms with van der Waals surface area (Å²) in [6, 6.07) is 27.1. The van der Waals surface area contributed by atoms with E-state index in [-0.39, 0.29) is 4.74 Å². The summed E-state index contributed by atoms with van der Waals surface area (Å²) < 4.78 is 3.76. The van der Waals surface area contributed by atoms with E-state index in [1.54, 1.807) is 24.3 Å². The van der Waals surface area contributed by atoms with Gasteiger partial charge in [-0.15, -0.1) is 11.3 Å². The fourth-order valence-electron chi connectivity index (χ4n) is 3.70. The summed E-state index contributed by atoms with van der Waals surface area (Å²) in [5, 5.41) is 19.5. The predicted molar refractivity (Wildman–Crippen MR) is 142 cm³/mol. The molecule has 1 aromatic heterocycles. The van der Waals surface area contributed by atoms with Crippen LogP contribution in [0.1, 0.15) is 0 Å². The maximum atomic E-state index is 12.7. The lowest BCUT2D eigenvalue weighted by Crippen LogP contribution is -2.15. The summed E-state index contributed by atoms with van der Waals surface area (Å²) in [7, 11) is 0. The lowest BCUT2D eigenvalue weighted by molar-refractivity contribution is 0.298. The third-order valence-corrected chi connectivity index (χ3v) is 7.85. The van der Waals surface area contributed by atoms with E-state index in [4.69, 9.17) is 0 Å². The maximum absolute atomic E-state index is 12.7. The van der Waals surface area contributed by atoms with Crippen LogP contribution < -0.4 is 18.4 Å². The second-order valence-corrected chi connectivity index (χ2v) is 9.82. The molecule has 0 atom stereocenters. The van der Waals surface area contributed by atoms with Gasteiger partial charge in [0.25, 0.3) is 10.7 Å². The van der Waals surface area contributed by atoms with Crippen LogP contribution in [0.5, 0.6) is 0 Å². The summed E-state index contributed by atoms with van der Waals surface area (Å²) >= 11 is 2.67. The summed E-state index contributed by atoms with van der Waals surface area (Å²) in [6.45, 7) is 0. The summed E-state index contributed by atoms with van der Waals surface area (Å²) in [5.74, 6) is -0.733. The first-order chi connectivity index (χ1) is 16.6. The van der Waals surface area contributed by atoms with Gasteiger partial charge in [0, 0.05) is 42.0 Å². The van der Waals surface area contributed by atoms with Crippen molar-refractivity contribution in [1.82, 2.24) is 4.58 Å². The first kappa shape index (κ1) is 21.8. The Morgan fingerprint density at radius 3 is 1.76 bits per heavy atom. The van der Waals surface area contributed by atoms with Crippen LogP contribution in [0.2, 0.25) is 0 Å². The molecule has 6 heteroatoms. The quantitative estimate of drug-likeness (QED) is 0.400. The van der Waals surface area contributed by atoms with Crippen molar-refractivity contribution >= 4 is 51.3 Å². The Morgan fingerprint density at radius 2 is 1.24 bits per heavy atom. The number of para-hydroxylation sites is 2. The molecule has 1 aliphatic carbocycles. The fraction of sp³-hybridized carbons (Fsp3) is 0. The molecular formula is C28H20NO3S2+. The molecule has 0 spiro atoms. The molecule has 0 unspecified atom stereocenters. The number of nitrogens with zero attached hydrogens (tertiary/aromatic N) is 1. The standard InChI is InChI=1S/C28H19NO3S2/c30-26(31)20-13-11-19(12-14-20)25-27(32)34-28(33-25)21-15-17-24(18-16-21)29(22-7-3-1-4-8-22)23-9-5-2-6-10-23/h1-18H,(H-,30,31,32)/p+1. The topological polar surface area (TPSA) is 60.5 Å².